The van der Waals surface area contributed by atoms with Crippen LogP contribution in [0, 0.1) is 13.8 Å². The molecule has 2 rings (SSSR count). The maximum Gasteiger partial charge on any atom is 0.246 e. The van der Waals surface area contributed by atoms with Gasteiger partial charge in [0, 0.05) is 4.47 Å². The Balaban J connectivity index is 2.15. The van der Waals surface area contributed by atoms with Gasteiger partial charge < -0.3 is 15.8 Å². The van der Waals surface area contributed by atoms with E-state index in [0.717, 1.165) is 15.9 Å². The smallest absolute Gasteiger partial charge is 0.246 e. The van der Waals surface area contributed by atoms with Crippen LogP contribution in [0.2, 0.25) is 0 Å². The molecule has 0 atom stereocenters. The first-order valence-corrected chi connectivity index (χ1v) is 7.14. The number of nitrogens with two attached hydrogens (primary N) is 1. The first-order valence-electron chi connectivity index (χ1n) is 6.35. The first-order chi connectivity index (χ1) is 9.92. The summed E-state index contributed by atoms with van der Waals surface area (Å²) in [5.41, 5.74) is 8.58. The molecule has 112 valence electrons. The quantitative estimate of drug-likeness (QED) is 0.885. The highest BCUT2D eigenvalue weighted by Gasteiger charge is 2.13. The number of rotatable bonds is 4. The van der Waals surface area contributed by atoms with Crippen molar-refractivity contribution in [2.24, 2.45) is 0 Å². The number of amides is 1. The fourth-order valence-corrected chi connectivity index (χ4v) is 2.33. The fraction of sp³-hybridized carbons (Fsp3) is 0.286. The molecule has 6 nitrogen and oxygen atoms in total. The Morgan fingerprint density at radius 2 is 2.19 bits per heavy atom. The van der Waals surface area contributed by atoms with Crippen molar-refractivity contribution in [3.05, 3.63) is 34.1 Å². The minimum Gasteiger partial charge on any atom is -0.495 e. The highest BCUT2D eigenvalue weighted by atomic mass is 79.9. The third-order valence-electron chi connectivity index (χ3n) is 3.17. The molecule has 0 saturated carbocycles. The summed E-state index contributed by atoms with van der Waals surface area (Å²) < 4.78 is 7.66. The van der Waals surface area contributed by atoms with Gasteiger partial charge in [-0.05, 0) is 32.0 Å². The van der Waals surface area contributed by atoms with Crippen LogP contribution >= 0.6 is 15.9 Å². The van der Waals surface area contributed by atoms with Gasteiger partial charge in [-0.25, -0.2) is 0 Å². The molecule has 0 saturated heterocycles. The maximum atomic E-state index is 12.2. The number of carbonyl (C=O) groups is 1. The van der Waals surface area contributed by atoms with Crippen LogP contribution in [0.4, 0.5) is 11.4 Å². The third kappa shape index (κ3) is 3.36. The molecular formula is C14H17BrN4O2. The van der Waals surface area contributed by atoms with Crippen LogP contribution in [0.1, 0.15) is 11.4 Å². The number of methoxy groups -OCH3 is 1. The van der Waals surface area contributed by atoms with Gasteiger partial charge in [0.25, 0.3) is 0 Å². The van der Waals surface area contributed by atoms with Gasteiger partial charge in [-0.1, -0.05) is 15.9 Å². The van der Waals surface area contributed by atoms with Crippen molar-refractivity contribution in [2.45, 2.75) is 20.4 Å². The largest absolute Gasteiger partial charge is 0.495 e. The van der Waals surface area contributed by atoms with Crippen molar-refractivity contribution in [1.82, 2.24) is 9.78 Å². The summed E-state index contributed by atoms with van der Waals surface area (Å²) >= 11 is 3.37. The summed E-state index contributed by atoms with van der Waals surface area (Å²) in [6.07, 6.45) is 0. The summed E-state index contributed by atoms with van der Waals surface area (Å²) in [6.45, 7) is 3.75. The normalized spacial score (nSPS) is 10.5. The molecule has 1 amide bonds. The molecule has 3 N–H and O–H groups in total. The number of anilines is 2. The Morgan fingerprint density at radius 3 is 2.76 bits per heavy atom. The minimum absolute atomic E-state index is 0.0968. The first kappa shape index (κ1) is 15.4. The summed E-state index contributed by atoms with van der Waals surface area (Å²) in [5, 5.41) is 7.05. The van der Waals surface area contributed by atoms with Gasteiger partial charge in [0.15, 0.2) is 0 Å². The number of halogens is 1. The average Bonchev–Trinajstić information content (AvgIpc) is 2.66. The number of nitrogen functional groups attached to an aromatic ring is 1. The van der Waals surface area contributed by atoms with E-state index in [4.69, 9.17) is 10.5 Å². The third-order valence-corrected chi connectivity index (χ3v) is 3.66. The van der Waals surface area contributed by atoms with Crippen LogP contribution in [-0.2, 0) is 11.3 Å². The van der Waals surface area contributed by atoms with Crippen molar-refractivity contribution in [2.75, 3.05) is 18.2 Å². The number of nitrogens with zero attached hydrogens (tertiary/aromatic N) is 2. The summed E-state index contributed by atoms with van der Waals surface area (Å²) in [4.78, 5) is 12.2. The molecule has 0 aliphatic heterocycles. The number of aromatic nitrogens is 2. The highest BCUT2D eigenvalue weighted by Crippen LogP contribution is 2.28. The molecular weight excluding hydrogens is 336 g/mol. The van der Waals surface area contributed by atoms with Gasteiger partial charge in [0.2, 0.25) is 5.91 Å². The van der Waals surface area contributed by atoms with Crippen LogP contribution in [0.15, 0.2) is 22.7 Å². The lowest BCUT2D eigenvalue weighted by Crippen LogP contribution is -2.20. The van der Waals surface area contributed by atoms with E-state index in [9.17, 15) is 4.79 Å². The topological polar surface area (TPSA) is 82.2 Å². The number of aryl methyl sites for hydroxylation is 1. The van der Waals surface area contributed by atoms with Gasteiger partial charge in [-0.2, -0.15) is 5.10 Å². The number of ether oxygens (including phenoxy) is 1. The molecule has 0 fully saturated rings. The van der Waals surface area contributed by atoms with E-state index >= 15 is 0 Å². The monoisotopic (exact) mass is 352 g/mol. The lowest BCUT2D eigenvalue weighted by atomic mass is 10.3. The molecule has 0 aliphatic carbocycles. The standard InChI is InChI=1S/C14H17BrN4O2/c1-8-14(16)9(2)19(18-8)7-13(20)17-11-6-10(15)4-5-12(11)21-3/h4-6H,7,16H2,1-3H3,(H,17,20). The Kier molecular flexibility index (Phi) is 4.52. The zero-order valence-electron chi connectivity index (χ0n) is 12.1. The molecule has 0 bridgehead atoms. The van der Waals surface area contributed by atoms with E-state index < -0.39 is 0 Å². The Labute approximate surface area is 131 Å². The SMILES string of the molecule is COc1ccc(Br)cc1NC(=O)Cn1nc(C)c(N)c1C. The predicted octanol–water partition coefficient (Wildman–Crippen LogP) is 2.49. The molecule has 7 heteroatoms. The second-order valence-electron chi connectivity index (χ2n) is 4.63. The molecule has 0 radical (unpaired) electrons. The minimum atomic E-state index is -0.197. The Morgan fingerprint density at radius 1 is 1.48 bits per heavy atom. The molecule has 1 heterocycles. The number of carbonyl (C=O) groups excluding carboxylic acids is 1. The van der Waals surface area contributed by atoms with Crippen LogP contribution in [0.3, 0.4) is 0 Å². The van der Waals surface area contributed by atoms with Crippen LogP contribution in [0.25, 0.3) is 0 Å². The second-order valence-corrected chi connectivity index (χ2v) is 5.55. The van der Waals surface area contributed by atoms with Gasteiger partial charge in [-0.3, -0.25) is 9.48 Å². The van der Waals surface area contributed by atoms with E-state index in [2.05, 4.69) is 26.3 Å². The van der Waals surface area contributed by atoms with E-state index in [1.165, 1.54) is 0 Å². The van der Waals surface area contributed by atoms with Crippen LogP contribution < -0.4 is 15.8 Å². The maximum absolute atomic E-state index is 12.2. The molecule has 0 spiro atoms. The number of hydrogen-bond donors (Lipinski definition) is 2. The molecule has 1 aromatic carbocycles. The van der Waals surface area contributed by atoms with Gasteiger partial charge in [0.1, 0.15) is 12.3 Å². The number of nitrogens with one attached hydrogen (secondary N) is 1. The van der Waals surface area contributed by atoms with Crippen LogP contribution in [0.5, 0.6) is 5.75 Å². The van der Waals surface area contributed by atoms with Crippen molar-refractivity contribution >= 4 is 33.2 Å². The van der Waals surface area contributed by atoms with Gasteiger partial charge in [0.05, 0.1) is 29.9 Å². The molecule has 2 aromatic rings. The summed E-state index contributed by atoms with van der Waals surface area (Å²) in [7, 11) is 1.56. The van der Waals surface area contributed by atoms with Crippen molar-refractivity contribution in [1.29, 1.82) is 0 Å². The van der Waals surface area contributed by atoms with Gasteiger partial charge >= 0.3 is 0 Å². The van der Waals surface area contributed by atoms with E-state index in [-0.39, 0.29) is 12.5 Å². The second kappa shape index (κ2) is 6.17. The lowest BCUT2D eigenvalue weighted by Gasteiger charge is -2.11. The van der Waals surface area contributed by atoms with E-state index in [0.29, 0.717) is 17.1 Å². The summed E-state index contributed by atoms with van der Waals surface area (Å²) in [6, 6.07) is 5.41. The van der Waals surface area contributed by atoms with Crippen LogP contribution in [-0.4, -0.2) is 22.8 Å². The summed E-state index contributed by atoms with van der Waals surface area (Å²) in [5.74, 6) is 0.399. The van der Waals surface area contributed by atoms with E-state index in [1.54, 1.807) is 23.9 Å². The zero-order valence-corrected chi connectivity index (χ0v) is 13.7. The Hall–Kier alpha value is -2.02. The highest BCUT2D eigenvalue weighted by molar-refractivity contribution is 9.10. The average molecular weight is 353 g/mol. The van der Waals surface area contributed by atoms with Crippen molar-refractivity contribution < 1.29 is 9.53 Å². The van der Waals surface area contributed by atoms with Gasteiger partial charge in [-0.15, -0.1) is 0 Å². The molecule has 0 aliphatic rings. The van der Waals surface area contributed by atoms with E-state index in [1.807, 2.05) is 19.9 Å². The zero-order chi connectivity index (χ0) is 15.6. The number of benzene rings is 1. The molecule has 0 unspecified atom stereocenters. The molecule has 21 heavy (non-hydrogen) atoms. The van der Waals surface area contributed by atoms with Crippen molar-refractivity contribution in [3.63, 3.8) is 0 Å². The fourth-order valence-electron chi connectivity index (χ4n) is 1.97. The Bertz CT molecular complexity index is 682. The predicted molar refractivity (Wildman–Crippen MR) is 85.4 cm³/mol. The molecule has 1 aromatic heterocycles. The lowest BCUT2D eigenvalue weighted by molar-refractivity contribution is -0.116. The number of hydrogen-bond acceptors (Lipinski definition) is 4. The van der Waals surface area contributed by atoms with Crippen molar-refractivity contribution in [3.8, 4) is 5.75 Å².